The lowest BCUT2D eigenvalue weighted by atomic mass is 9.87. The largest absolute Gasteiger partial charge is 0.378 e. The number of hydrogen-bond acceptors (Lipinski definition) is 4. The maximum Gasteiger partial charge on any atom is 0.0900 e. The zero-order valence-electron chi connectivity index (χ0n) is 11.1. The van der Waals surface area contributed by atoms with Crippen LogP contribution in [-0.4, -0.2) is 60.8 Å². The molecule has 4 nitrogen and oxygen atoms in total. The smallest absolute Gasteiger partial charge is 0.0900 e. The third-order valence-corrected chi connectivity index (χ3v) is 4.35. The second kappa shape index (κ2) is 4.93. The number of piperazine rings is 1. The van der Waals surface area contributed by atoms with Crippen molar-refractivity contribution in [1.29, 1.82) is 5.26 Å². The fraction of sp³-hybridized carbons (Fsp3) is 0.923. The van der Waals surface area contributed by atoms with Crippen LogP contribution in [0.15, 0.2) is 0 Å². The van der Waals surface area contributed by atoms with Gasteiger partial charge in [-0.25, -0.2) is 0 Å². The van der Waals surface area contributed by atoms with E-state index >= 15 is 0 Å². The Balaban J connectivity index is 1.98. The molecule has 0 bridgehead atoms. The highest BCUT2D eigenvalue weighted by Crippen LogP contribution is 2.31. The number of hydrogen-bond donors (Lipinski definition) is 0. The Labute approximate surface area is 104 Å². The van der Waals surface area contributed by atoms with Gasteiger partial charge < -0.3 is 4.74 Å². The molecule has 0 spiro atoms. The fourth-order valence-corrected chi connectivity index (χ4v) is 2.90. The number of nitrogens with zero attached hydrogens (tertiary/aromatic N) is 3. The lowest BCUT2D eigenvalue weighted by Crippen LogP contribution is -2.59. The molecule has 96 valence electrons. The second-order valence-corrected chi connectivity index (χ2v) is 5.67. The highest BCUT2D eigenvalue weighted by Gasteiger charge is 2.45. The summed E-state index contributed by atoms with van der Waals surface area (Å²) in [6, 6.07) is 3.03. The summed E-state index contributed by atoms with van der Waals surface area (Å²) in [5.41, 5.74) is -0.0716. The van der Waals surface area contributed by atoms with Crippen molar-refractivity contribution < 1.29 is 4.74 Å². The van der Waals surface area contributed by atoms with Crippen LogP contribution in [0.25, 0.3) is 0 Å². The van der Waals surface area contributed by atoms with E-state index in [9.17, 15) is 5.26 Å². The van der Waals surface area contributed by atoms with Crippen molar-refractivity contribution >= 4 is 0 Å². The van der Waals surface area contributed by atoms with E-state index in [4.69, 9.17) is 4.74 Å². The van der Waals surface area contributed by atoms with Crippen molar-refractivity contribution in [1.82, 2.24) is 9.80 Å². The monoisotopic (exact) mass is 237 g/mol. The summed E-state index contributed by atoms with van der Waals surface area (Å²) in [6.45, 7) is 12.3. The first kappa shape index (κ1) is 12.8. The molecule has 0 aliphatic carbocycles. The summed E-state index contributed by atoms with van der Waals surface area (Å²) in [6.07, 6.45) is 0. The van der Waals surface area contributed by atoms with Crippen molar-refractivity contribution in [3.8, 4) is 6.07 Å². The predicted octanol–water partition coefficient (Wildman–Crippen LogP) is 0.941. The van der Waals surface area contributed by atoms with Crippen LogP contribution in [0.1, 0.15) is 20.8 Å². The Bertz CT molecular complexity index is 304. The zero-order valence-corrected chi connectivity index (χ0v) is 11.1. The highest BCUT2D eigenvalue weighted by molar-refractivity contribution is 5.06. The summed E-state index contributed by atoms with van der Waals surface area (Å²) >= 11 is 0. The van der Waals surface area contributed by atoms with Crippen LogP contribution in [-0.2, 0) is 4.74 Å². The molecule has 0 unspecified atom stereocenters. The van der Waals surface area contributed by atoms with Gasteiger partial charge in [0.05, 0.1) is 30.7 Å². The first-order valence-corrected chi connectivity index (χ1v) is 6.54. The van der Waals surface area contributed by atoms with E-state index in [2.05, 4.69) is 36.6 Å². The van der Waals surface area contributed by atoms with Crippen LogP contribution >= 0.6 is 0 Å². The lowest BCUT2D eigenvalue weighted by molar-refractivity contribution is 0.0161. The van der Waals surface area contributed by atoms with Gasteiger partial charge in [0, 0.05) is 32.2 Å². The third-order valence-electron chi connectivity index (χ3n) is 4.35. The van der Waals surface area contributed by atoms with Crippen molar-refractivity contribution in [2.75, 3.05) is 39.4 Å². The second-order valence-electron chi connectivity index (χ2n) is 5.67. The van der Waals surface area contributed by atoms with Crippen molar-refractivity contribution in [2.45, 2.75) is 32.4 Å². The van der Waals surface area contributed by atoms with Gasteiger partial charge in [0.2, 0.25) is 0 Å². The molecule has 2 aliphatic rings. The van der Waals surface area contributed by atoms with Crippen LogP contribution in [0.5, 0.6) is 0 Å². The molecule has 2 saturated heterocycles. The SMILES string of the molecule is CC(C)N1CCN([C@@]2(C)COC[C@H]2C#N)CC1. The molecule has 2 aliphatic heterocycles. The van der Waals surface area contributed by atoms with E-state index in [1.54, 1.807) is 0 Å². The van der Waals surface area contributed by atoms with Gasteiger partial charge >= 0.3 is 0 Å². The first-order valence-electron chi connectivity index (χ1n) is 6.54. The van der Waals surface area contributed by atoms with Gasteiger partial charge in [-0.15, -0.1) is 0 Å². The molecule has 0 N–H and O–H groups in total. The van der Waals surface area contributed by atoms with Gasteiger partial charge in [-0.05, 0) is 20.8 Å². The molecule has 0 aromatic rings. The Kier molecular flexibility index (Phi) is 3.72. The zero-order chi connectivity index (χ0) is 12.5. The molecule has 17 heavy (non-hydrogen) atoms. The van der Waals surface area contributed by atoms with Gasteiger partial charge in [0.25, 0.3) is 0 Å². The Morgan fingerprint density at radius 3 is 2.47 bits per heavy atom. The van der Waals surface area contributed by atoms with Crippen LogP contribution in [0, 0.1) is 17.2 Å². The molecule has 0 aromatic heterocycles. The molecule has 0 radical (unpaired) electrons. The van der Waals surface area contributed by atoms with Gasteiger partial charge in [-0.3, -0.25) is 9.80 Å². The number of rotatable bonds is 2. The molecule has 0 saturated carbocycles. The maximum atomic E-state index is 9.21. The predicted molar refractivity (Wildman–Crippen MR) is 66.6 cm³/mol. The molecule has 2 heterocycles. The van der Waals surface area contributed by atoms with Gasteiger partial charge in [-0.1, -0.05) is 0 Å². The van der Waals surface area contributed by atoms with Crippen molar-refractivity contribution in [3.05, 3.63) is 0 Å². The minimum absolute atomic E-state index is 0.0214. The molecule has 4 heteroatoms. The standard InChI is InChI=1S/C13H23N3O/c1-11(2)15-4-6-16(7-5-15)13(3)10-17-9-12(13)8-14/h11-12H,4-7,9-10H2,1-3H3/t12-,13+/m1/s1. The first-order chi connectivity index (χ1) is 8.08. The van der Waals surface area contributed by atoms with E-state index in [1.165, 1.54) is 0 Å². The van der Waals surface area contributed by atoms with Crippen molar-refractivity contribution in [2.24, 2.45) is 5.92 Å². The Hall–Kier alpha value is -0.630. The highest BCUT2D eigenvalue weighted by atomic mass is 16.5. The van der Waals surface area contributed by atoms with E-state index in [-0.39, 0.29) is 11.5 Å². The summed E-state index contributed by atoms with van der Waals surface area (Å²) < 4.78 is 5.51. The van der Waals surface area contributed by atoms with E-state index < -0.39 is 0 Å². The summed E-state index contributed by atoms with van der Waals surface area (Å²) in [7, 11) is 0. The molecule has 2 atom stereocenters. The summed E-state index contributed by atoms with van der Waals surface area (Å²) in [5, 5.41) is 9.21. The quantitative estimate of drug-likeness (QED) is 0.716. The average molecular weight is 237 g/mol. The Morgan fingerprint density at radius 2 is 1.94 bits per heavy atom. The van der Waals surface area contributed by atoms with Crippen LogP contribution < -0.4 is 0 Å². The fourth-order valence-electron chi connectivity index (χ4n) is 2.90. The third kappa shape index (κ3) is 2.33. The van der Waals surface area contributed by atoms with E-state index in [0.29, 0.717) is 19.3 Å². The molecule has 0 aromatic carbocycles. The molecular weight excluding hydrogens is 214 g/mol. The summed E-state index contributed by atoms with van der Waals surface area (Å²) in [4.78, 5) is 4.95. The maximum absolute atomic E-state index is 9.21. The Morgan fingerprint density at radius 1 is 1.29 bits per heavy atom. The number of ether oxygens (including phenoxy) is 1. The van der Waals surface area contributed by atoms with Gasteiger partial charge in [0.1, 0.15) is 0 Å². The van der Waals surface area contributed by atoms with Crippen LogP contribution in [0.3, 0.4) is 0 Å². The minimum Gasteiger partial charge on any atom is -0.378 e. The van der Waals surface area contributed by atoms with Gasteiger partial charge in [-0.2, -0.15) is 5.26 Å². The van der Waals surface area contributed by atoms with E-state index in [1.807, 2.05) is 0 Å². The summed E-state index contributed by atoms with van der Waals surface area (Å²) in [5.74, 6) is 0.0214. The van der Waals surface area contributed by atoms with Crippen LogP contribution in [0.2, 0.25) is 0 Å². The normalized spacial score (nSPS) is 36.3. The molecule has 0 amide bonds. The number of nitriles is 1. The topological polar surface area (TPSA) is 39.5 Å². The molecular formula is C13H23N3O. The minimum atomic E-state index is -0.0716. The van der Waals surface area contributed by atoms with E-state index in [0.717, 1.165) is 26.2 Å². The lowest BCUT2D eigenvalue weighted by Gasteiger charge is -2.45. The van der Waals surface area contributed by atoms with Gasteiger partial charge in [0.15, 0.2) is 0 Å². The van der Waals surface area contributed by atoms with Crippen LogP contribution in [0.4, 0.5) is 0 Å². The van der Waals surface area contributed by atoms with Crippen molar-refractivity contribution in [3.63, 3.8) is 0 Å². The average Bonchev–Trinajstić information content (AvgIpc) is 2.72. The molecule has 2 rings (SSSR count). The molecule has 2 fully saturated rings.